The predicted molar refractivity (Wildman–Crippen MR) is 60.2 cm³/mol. The molecule has 1 aromatic rings. The number of aromatic nitrogens is 3. The fraction of sp³-hybridized carbons (Fsp3) is 0.750. The number of hydrogen-bond donors (Lipinski definition) is 1. The Morgan fingerprint density at radius 3 is 2.69 bits per heavy atom. The van der Waals surface area contributed by atoms with E-state index in [2.05, 4.69) is 15.6 Å². The smallest absolute Gasteiger partial charge is 0.214 e. The van der Waals surface area contributed by atoms with Gasteiger partial charge in [0, 0.05) is 40.4 Å². The van der Waals surface area contributed by atoms with E-state index in [1.807, 2.05) is 0 Å². The van der Waals surface area contributed by atoms with Crippen LogP contribution in [0.3, 0.4) is 0 Å². The van der Waals surface area contributed by atoms with Crippen molar-refractivity contribution in [2.45, 2.75) is 6.54 Å². The van der Waals surface area contributed by atoms with Crippen molar-refractivity contribution in [1.29, 1.82) is 0 Å². The Morgan fingerprint density at radius 2 is 2.19 bits per heavy atom. The Labute approximate surface area is 95.5 Å². The molecule has 1 heterocycles. The van der Waals surface area contributed by atoms with Gasteiger partial charge in [0.05, 0.1) is 11.4 Å². The normalized spacial score (nSPS) is 12.2. The van der Waals surface area contributed by atoms with E-state index in [-0.39, 0.29) is 5.75 Å². The van der Waals surface area contributed by atoms with E-state index in [1.54, 1.807) is 17.9 Å². The first-order valence-corrected chi connectivity index (χ1v) is 6.49. The van der Waals surface area contributed by atoms with Crippen LogP contribution in [0.15, 0.2) is 6.20 Å². The van der Waals surface area contributed by atoms with Gasteiger partial charge in [-0.05, 0) is 0 Å². The van der Waals surface area contributed by atoms with E-state index in [1.165, 1.54) is 18.4 Å². The maximum Gasteiger partial charge on any atom is 0.214 e. The van der Waals surface area contributed by atoms with Crippen LogP contribution in [-0.2, 0) is 23.6 Å². The molecule has 0 unspecified atom stereocenters. The summed E-state index contributed by atoms with van der Waals surface area (Å²) in [6.07, 6.45) is 1.79. The molecule has 0 aliphatic rings. The molecule has 0 saturated carbocycles. The molecule has 1 rings (SSSR count). The van der Waals surface area contributed by atoms with Gasteiger partial charge in [0.25, 0.3) is 0 Å². The zero-order valence-corrected chi connectivity index (χ0v) is 10.5. The highest BCUT2D eigenvalue weighted by Crippen LogP contribution is 1.93. The van der Waals surface area contributed by atoms with Crippen LogP contribution >= 0.6 is 0 Å². The monoisotopic (exact) mass is 247 g/mol. The molecule has 0 amide bonds. The standard InChI is InChI=1S/C8H17N5O2S/c1-12(2)16(14,15)5-4-9-6-8-7-13(3)11-10-8/h7,9H,4-6H2,1-3H3. The van der Waals surface area contributed by atoms with E-state index in [0.717, 1.165) is 5.69 Å². The van der Waals surface area contributed by atoms with E-state index in [4.69, 9.17) is 0 Å². The van der Waals surface area contributed by atoms with Crippen LogP contribution in [0.4, 0.5) is 0 Å². The average molecular weight is 247 g/mol. The highest BCUT2D eigenvalue weighted by atomic mass is 32.2. The molecule has 92 valence electrons. The molecule has 8 heteroatoms. The van der Waals surface area contributed by atoms with Crippen LogP contribution in [0, 0.1) is 0 Å². The van der Waals surface area contributed by atoms with Gasteiger partial charge in [-0.2, -0.15) is 0 Å². The maximum absolute atomic E-state index is 11.4. The molecule has 7 nitrogen and oxygen atoms in total. The first-order valence-electron chi connectivity index (χ1n) is 4.88. The first kappa shape index (κ1) is 13.1. The van der Waals surface area contributed by atoms with Crippen molar-refractivity contribution in [3.05, 3.63) is 11.9 Å². The second kappa shape index (κ2) is 5.37. The van der Waals surface area contributed by atoms with Gasteiger partial charge < -0.3 is 5.32 Å². The highest BCUT2D eigenvalue weighted by Gasteiger charge is 2.12. The van der Waals surface area contributed by atoms with E-state index >= 15 is 0 Å². The summed E-state index contributed by atoms with van der Waals surface area (Å²) in [7, 11) is 1.72. The van der Waals surface area contributed by atoms with Crippen molar-refractivity contribution < 1.29 is 8.42 Å². The lowest BCUT2D eigenvalue weighted by Gasteiger charge is -2.10. The van der Waals surface area contributed by atoms with Gasteiger partial charge in [0.15, 0.2) is 0 Å². The summed E-state index contributed by atoms with van der Waals surface area (Å²) < 4.78 is 25.6. The number of rotatable bonds is 6. The summed E-state index contributed by atoms with van der Waals surface area (Å²) >= 11 is 0. The van der Waals surface area contributed by atoms with Crippen LogP contribution < -0.4 is 5.32 Å². The molecular weight excluding hydrogens is 230 g/mol. The van der Waals surface area contributed by atoms with E-state index in [0.29, 0.717) is 13.1 Å². The Bertz CT molecular complexity index is 425. The number of hydrogen-bond acceptors (Lipinski definition) is 5. The van der Waals surface area contributed by atoms with E-state index in [9.17, 15) is 8.42 Å². The maximum atomic E-state index is 11.4. The minimum Gasteiger partial charge on any atom is -0.310 e. The summed E-state index contributed by atoms with van der Waals surface area (Å²) in [5.74, 6) is 0.0836. The second-order valence-corrected chi connectivity index (χ2v) is 5.96. The quantitative estimate of drug-likeness (QED) is 0.638. The molecule has 0 bridgehead atoms. The molecule has 0 atom stereocenters. The van der Waals surface area contributed by atoms with Gasteiger partial charge in [-0.25, -0.2) is 12.7 Å². The van der Waals surface area contributed by atoms with Crippen LogP contribution in [0.2, 0.25) is 0 Å². The predicted octanol–water partition coefficient (Wildman–Crippen LogP) is -1.20. The molecule has 0 spiro atoms. The van der Waals surface area contributed by atoms with Crippen LogP contribution in [-0.4, -0.2) is 54.1 Å². The highest BCUT2D eigenvalue weighted by molar-refractivity contribution is 7.89. The molecule has 0 saturated heterocycles. The Hall–Kier alpha value is -0.990. The van der Waals surface area contributed by atoms with Crippen molar-refractivity contribution in [3.8, 4) is 0 Å². The zero-order valence-electron chi connectivity index (χ0n) is 9.71. The van der Waals surface area contributed by atoms with Crippen molar-refractivity contribution in [2.75, 3.05) is 26.4 Å². The second-order valence-electron chi connectivity index (χ2n) is 3.66. The number of aryl methyl sites for hydroxylation is 1. The first-order chi connectivity index (χ1) is 7.42. The lowest BCUT2D eigenvalue weighted by Crippen LogP contribution is -2.31. The molecule has 0 radical (unpaired) electrons. The largest absolute Gasteiger partial charge is 0.310 e. The fourth-order valence-corrected chi connectivity index (χ4v) is 1.84. The van der Waals surface area contributed by atoms with Crippen LogP contribution in [0.25, 0.3) is 0 Å². The molecule has 1 aromatic heterocycles. The lowest BCUT2D eigenvalue weighted by atomic mass is 10.5. The van der Waals surface area contributed by atoms with Crippen molar-refractivity contribution in [1.82, 2.24) is 24.6 Å². The third kappa shape index (κ3) is 3.87. The van der Waals surface area contributed by atoms with Crippen molar-refractivity contribution >= 4 is 10.0 Å². The van der Waals surface area contributed by atoms with Gasteiger partial charge in [0.1, 0.15) is 0 Å². The summed E-state index contributed by atoms with van der Waals surface area (Å²) in [5.41, 5.74) is 0.796. The SMILES string of the molecule is CN(C)S(=O)(=O)CCNCc1cn(C)nn1. The zero-order chi connectivity index (χ0) is 12.2. The van der Waals surface area contributed by atoms with Crippen molar-refractivity contribution in [3.63, 3.8) is 0 Å². The van der Waals surface area contributed by atoms with Crippen molar-refractivity contribution in [2.24, 2.45) is 7.05 Å². The topological polar surface area (TPSA) is 80.1 Å². The molecule has 0 aliphatic heterocycles. The summed E-state index contributed by atoms with van der Waals surface area (Å²) in [4.78, 5) is 0. The van der Waals surface area contributed by atoms with Gasteiger partial charge in [-0.1, -0.05) is 5.21 Å². The van der Waals surface area contributed by atoms with Gasteiger partial charge in [-0.15, -0.1) is 5.10 Å². The minimum atomic E-state index is -3.12. The molecule has 16 heavy (non-hydrogen) atoms. The Balaban J connectivity index is 2.27. The molecule has 0 aromatic carbocycles. The molecule has 0 fully saturated rings. The average Bonchev–Trinajstić information content (AvgIpc) is 2.59. The molecule has 1 N–H and O–H groups in total. The fourth-order valence-electron chi connectivity index (χ4n) is 1.08. The molecular formula is C8H17N5O2S. The third-order valence-electron chi connectivity index (χ3n) is 2.05. The summed E-state index contributed by atoms with van der Waals surface area (Å²) in [6.45, 7) is 0.924. The number of sulfonamides is 1. The minimum absolute atomic E-state index is 0.0836. The summed E-state index contributed by atoms with van der Waals surface area (Å²) in [6, 6.07) is 0. The van der Waals surface area contributed by atoms with Gasteiger partial charge in [-0.3, -0.25) is 4.68 Å². The number of nitrogens with one attached hydrogen (secondary N) is 1. The Kier molecular flexibility index (Phi) is 4.39. The third-order valence-corrected chi connectivity index (χ3v) is 3.88. The van der Waals surface area contributed by atoms with Gasteiger partial charge in [0.2, 0.25) is 10.0 Å². The van der Waals surface area contributed by atoms with Crippen LogP contribution in [0.5, 0.6) is 0 Å². The summed E-state index contributed by atoms with van der Waals surface area (Å²) in [5, 5.41) is 10.7. The molecule has 0 aliphatic carbocycles. The van der Waals surface area contributed by atoms with Crippen LogP contribution in [0.1, 0.15) is 5.69 Å². The lowest BCUT2D eigenvalue weighted by molar-refractivity contribution is 0.517. The Morgan fingerprint density at radius 1 is 1.50 bits per heavy atom. The van der Waals surface area contributed by atoms with Gasteiger partial charge >= 0.3 is 0 Å². The number of nitrogens with zero attached hydrogens (tertiary/aromatic N) is 4. The van der Waals surface area contributed by atoms with E-state index < -0.39 is 10.0 Å².